The van der Waals surface area contributed by atoms with Gasteiger partial charge in [-0.25, -0.2) is 8.42 Å². The summed E-state index contributed by atoms with van der Waals surface area (Å²) in [6, 6.07) is 13.0. The Hall–Kier alpha value is -2.38. The molecule has 1 heterocycles. The van der Waals surface area contributed by atoms with Gasteiger partial charge in [0.15, 0.2) is 0 Å². The minimum Gasteiger partial charge on any atom is -0.497 e. The largest absolute Gasteiger partial charge is 0.497 e. The third-order valence-electron chi connectivity index (χ3n) is 4.42. The maximum atomic E-state index is 13.1. The molecular formula is C18H20N2O4S. The minimum atomic E-state index is -3.82. The van der Waals surface area contributed by atoms with Crippen LogP contribution in [0.5, 0.6) is 5.75 Å². The van der Waals surface area contributed by atoms with Gasteiger partial charge in [0.05, 0.1) is 12.0 Å². The van der Waals surface area contributed by atoms with E-state index in [-0.39, 0.29) is 17.3 Å². The second kappa shape index (κ2) is 6.85. The molecule has 0 saturated carbocycles. The van der Waals surface area contributed by atoms with E-state index in [2.05, 4.69) is 5.32 Å². The number of nitrogens with zero attached hydrogens (tertiary/aromatic N) is 1. The molecule has 2 aromatic rings. The first-order chi connectivity index (χ1) is 12.0. The number of rotatable bonds is 4. The highest BCUT2D eigenvalue weighted by Gasteiger charge is 2.39. The number of carbonyl (C=O) groups is 1. The zero-order valence-corrected chi connectivity index (χ0v) is 14.9. The van der Waals surface area contributed by atoms with E-state index >= 15 is 0 Å². The number of hydrogen-bond acceptors (Lipinski definition) is 4. The van der Waals surface area contributed by atoms with E-state index in [9.17, 15) is 13.2 Å². The molecular weight excluding hydrogens is 340 g/mol. The predicted octanol–water partition coefficient (Wildman–Crippen LogP) is 1.56. The van der Waals surface area contributed by atoms with E-state index in [1.54, 1.807) is 12.1 Å². The van der Waals surface area contributed by atoms with Gasteiger partial charge in [-0.05, 0) is 41.8 Å². The number of benzene rings is 2. The Balaban J connectivity index is 2.03. The van der Waals surface area contributed by atoms with Gasteiger partial charge < -0.3 is 10.1 Å². The van der Waals surface area contributed by atoms with Crippen molar-refractivity contribution >= 4 is 15.9 Å². The van der Waals surface area contributed by atoms with E-state index in [4.69, 9.17) is 4.74 Å². The average molecular weight is 360 g/mol. The second-order valence-corrected chi connectivity index (χ2v) is 7.72. The van der Waals surface area contributed by atoms with Crippen molar-refractivity contribution in [3.8, 4) is 5.75 Å². The molecule has 132 valence electrons. The fourth-order valence-electron chi connectivity index (χ4n) is 3.02. The maximum absolute atomic E-state index is 13.1. The molecule has 6 nitrogen and oxygen atoms in total. The summed E-state index contributed by atoms with van der Waals surface area (Å²) >= 11 is 0. The van der Waals surface area contributed by atoms with Crippen LogP contribution in [-0.4, -0.2) is 38.8 Å². The highest BCUT2D eigenvalue weighted by Crippen LogP contribution is 2.29. The van der Waals surface area contributed by atoms with E-state index in [1.165, 1.54) is 30.6 Å². The van der Waals surface area contributed by atoms with Crippen molar-refractivity contribution in [2.75, 3.05) is 14.2 Å². The molecule has 0 saturated heterocycles. The summed E-state index contributed by atoms with van der Waals surface area (Å²) in [6.07, 6.45) is 0.352. The summed E-state index contributed by atoms with van der Waals surface area (Å²) in [6.45, 7) is 0.169. The van der Waals surface area contributed by atoms with E-state index in [0.717, 1.165) is 11.1 Å². The Morgan fingerprint density at radius 2 is 1.76 bits per heavy atom. The molecule has 0 bridgehead atoms. The topological polar surface area (TPSA) is 75.7 Å². The van der Waals surface area contributed by atoms with Crippen molar-refractivity contribution in [3.63, 3.8) is 0 Å². The molecule has 1 aliphatic heterocycles. The van der Waals surface area contributed by atoms with Gasteiger partial charge in [0.25, 0.3) is 0 Å². The monoisotopic (exact) mass is 360 g/mol. The van der Waals surface area contributed by atoms with Gasteiger partial charge in [0.1, 0.15) is 11.8 Å². The number of nitrogens with one attached hydrogen (secondary N) is 1. The van der Waals surface area contributed by atoms with Gasteiger partial charge in [-0.2, -0.15) is 4.31 Å². The normalized spacial score (nSPS) is 17.6. The van der Waals surface area contributed by atoms with Gasteiger partial charge in [0, 0.05) is 13.6 Å². The number of fused-ring (bicyclic) bond motifs is 1. The van der Waals surface area contributed by atoms with Crippen LogP contribution in [-0.2, 0) is 27.8 Å². The smallest absolute Gasteiger partial charge is 0.244 e. The van der Waals surface area contributed by atoms with Crippen LogP contribution in [0.15, 0.2) is 53.4 Å². The zero-order chi connectivity index (χ0) is 18.0. The highest BCUT2D eigenvalue weighted by molar-refractivity contribution is 7.89. The molecule has 7 heteroatoms. The average Bonchev–Trinajstić information content (AvgIpc) is 2.66. The van der Waals surface area contributed by atoms with Crippen LogP contribution in [0.2, 0.25) is 0 Å². The van der Waals surface area contributed by atoms with Crippen molar-refractivity contribution in [1.29, 1.82) is 0 Å². The van der Waals surface area contributed by atoms with Crippen LogP contribution < -0.4 is 10.1 Å². The van der Waals surface area contributed by atoms with Crippen LogP contribution >= 0.6 is 0 Å². The number of amides is 1. The molecule has 1 atom stereocenters. The van der Waals surface area contributed by atoms with Crippen molar-refractivity contribution in [2.45, 2.75) is 23.9 Å². The Kier molecular flexibility index (Phi) is 4.78. The van der Waals surface area contributed by atoms with E-state index in [0.29, 0.717) is 12.2 Å². The van der Waals surface area contributed by atoms with Crippen LogP contribution in [0.25, 0.3) is 0 Å². The fourth-order valence-corrected chi connectivity index (χ4v) is 4.59. The molecule has 0 aromatic heterocycles. The number of hydrogen-bond donors (Lipinski definition) is 1. The van der Waals surface area contributed by atoms with Crippen molar-refractivity contribution in [3.05, 3.63) is 59.7 Å². The second-order valence-electron chi connectivity index (χ2n) is 5.83. The Morgan fingerprint density at radius 3 is 2.36 bits per heavy atom. The summed E-state index contributed by atoms with van der Waals surface area (Å²) < 4.78 is 32.6. The number of methoxy groups -OCH3 is 1. The fraction of sp³-hybridized carbons (Fsp3) is 0.278. The Bertz CT molecular complexity index is 878. The van der Waals surface area contributed by atoms with Crippen LogP contribution in [0.3, 0.4) is 0 Å². The summed E-state index contributed by atoms with van der Waals surface area (Å²) in [7, 11) is -0.782. The number of sulfonamides is 1. The summed E-state index contributed by atoms with van der Waals surface area (Å²) in [5.74, 6) is 0.261. The molecule has 0 aliphatic carbocycles. The molecule has 25 heavy (non-hydrogen) atoms. The standard InChI is InChI=1S/C18H20N2O4S/c1-19-18(21)17-11-13-5-3-4-6-14(13)12-20(17)25(22,23)16-9-7-15(24-2)8-10-16/h3-10,17H,11-12H2,1-2H3,(H,19,21). The lowest BCUT2D eigenvalue weighted by Crippen LogP contribution is -2.51. The lowest BCUT2D eigenvalue weighted by atomic mass is 9.95. The molecule has 0 radical (unpaired) electrons. The van der Waals surface area contributed by atoms with Gasteiger partial charge in [-0.3, -0.25) is 4.79 Å². The number of likely N-dealkylation sites (N-methyl/N-ethyl adjacent to an activating group) is 1. The van der Waals surface area contributed by atoms with E-state index < -0.39 is 16.1 Å². The molecule has 1 unspecified atom stereocenters. The minimum absolute atomic E-state index is 0.140. The number of carbonyl (C=O) groups excluding carboxylic acids is 1. The molecule has 1 aliphatic rings. The van der Waals surface area contributed by atoms with Crippen LogP contribution in [0.1, 0.15) is 11.1 Å². The maximum Gasteiger partial charge on any atom is 0.244 e. The van der Waals surface area contributed by atoms with Gasteiger partial charge in [-0.15, -0.1) is 0 Å². The number of ether oxygens (including phenoxy) is 1. The quantitative estimate of drug-likeness (QED) is 0.898. The predicted molar refractivity (Wildman–Crippen MR) is 93.7 cm³/mol. The first-order valence-corrected chi connectivity index (χ1v) is 9.35. The van der Waals surface area contributed by atoms with E-state index in [1.807, 2.05) is 24.3 Å². The van der Waals surface area contributed by atoms with Crippen LogP contribution in [0, 0.1) is 0 Å². The molecule has 2 aromatic carbocycles. The van der Waals surface area contributed by atoms with Gasteiger partial charge in [0.2, 0.25) is 15.9 Å². The first-order valence-electron chi connectivity index (χ1n) is 7.91. The summed E-state index contributed by atoms with van der Waals surface area (Å²) in [4.78, 5) is 12.5. The third-order valence-corrected chi connectivity index (χ3v) is 6.29. The van der Waals surface area contributed by atoms with Crippen molar-refractivity contribution in [1.82, 2.24) is 9.62 Å². The lowest BCUT2D eigenvalue weighted by molar-refractivity contribution is -0.124. The van der Waals surface area contributed by atoms with Crippen LogP contribution in [0.4, 0.5) is 0 Å². The summed E-state index contributed by atoms with van der Waals surface area (Å²) in [5.41, 5.74) is 1.91. The zero-order valence-electron chi connectivity index (χ0n) is 14.1. The molecule has 0 spiro atoms. The highest BCUT2D eigenvalue weighted by atomic mass is 32.2. The SMILES string of the molecule is CNC(=O)C1Cc2ccccc2CN1S(=O)(=O)c1ccc(OC)cc1. The molecule has 1 N–H and O–H groups in total. The molecule has 0 fully saturated rings. The Labute approximate surface area is 147 Å². The van der Waals surface area contributed by atoms with Gasteiger partial charge >= 0.3 is 0 Å². The first kappa shape index (κ1) is 17.4. The molecule has 3 rings (SSSR count). The third kappa shape index (κ3) is 3.25. The van der Waals surface area contributed by atoms with Gasteiger partial charge in [-0.1, -0.05) is 24.3 Å². The summed E-state index contributed by atoms with van der Waals surface area (Å²) in [5, 5.41) is 2.57. The molecule has 1 amide bonds. The van der Waals surface area contributed by atoms with Crippen molar-refractivity contribution < 1.29 is 17.9 Å². The lowest BCUT2D eigenvalue weighted by Gasteiger charge is -2.34. The Morgan fingerprint density at radius 1 is 1.12 bits per heavy atom. The van der Waals surface area contributed by atoms with Crippen molar-refractivity contribution in [2.24, 2.45) is 0 Å².